The van der Waals surface area contributed by atoms with E-state index in [1.54, 1.807) is 0 Å². The number of esters is 1. The Morgan fingerprint density at radius 2 is 0.638 bits per heavy atom. The van der Waals surface area contributed by atoms with Gasteiger partial charge in [-0.3, -0.25) is 4.79 Å². The predicted octanol–water partition coefficient (Wildman–Crippen LogP) is 3.46. The van der Waals surface area contributed by atoms with Crippen LogP contribution in [0.3, 0.4) is 0 Å². The van der Waals surface area contributed by atoms with Crippen molar-refractivity contribution in [3.63, 3.8) is 0 Å². The van der Waals surface area contributed by atoms with Crippen molar-refractivity contribution >= 4 is 5.97 Å². The summed E-state index contributed by atoms with van der Waals surface area (Å²) in [6, 6.07) is 0. The zero-order valence-electron chi connectivity index (χ0n) is 29.6. The molecule has 0 aliphatic carbocycles. The van der Waals surface area contributed by atoms with Gasteiger partial charge in [0.2, 0.25) is 0 Å². The molecule has 0 aliphatic heterocycles. The Hall–Kier alpha value is -0.970. The summed E-state index contributed by atoms with van der Waals surface area (Å²) in [6.07, 6.45) is 6.72. The third kappa shape index (κ3) is 39.4. The quantitative estimate of drug-likeness (QED) is 0.0744. The third-order valence-electron chi connectivity index (χ3n) is 6.51. The molecule has 1 unspecified atom stereocenters. The van der Waals surface area contributed by atoms with Gasteiger partial charge >= 0.3 is 5.97 Å². The summed E-state index contributed by atoms with van der Waals surface area (Å²) in [5, 5.41) is 8.66. The largest absolute Gasteiger partial charge is 0.463 e. The van der Waals surface area contributed by atoms with E-state index in [2.05, 4.69) is 0 Å². The minimum Gasteiger partial charge on any atom is -0.463 e. The molecule has 0 bridgehead atoms. The molecule has 282 valence electrons. The molecule has 0 aromatic rings. The van der Waals surface area contributed by atoms with Gasteiger partial charge in [0.25, 0.3) is 0 Å². The lowest BCUT2D eigenvalue weighted by atomic mass is 10.1. The minimum atomic E-state index is -0.178. The summed E-state index contributed by atoms with van der Waals surface area (Å²) >= 11 is 0. The fraction of sp³-hybridized carbons (Fsp3) is 0.971. The van der Waals surface area contributed by atoms with Crippen LogP contribution >= 0.6 is 0 Å². The predicted molar refractivity (Wildman–Crippen MR) is 178 cm³/mol. The molecule has 0 aromatic carbocycles. The topological polar surface area (TPSA) is 139 Å². The molecule has 13 heteroatoms. The zero-order chi connectivity index (χ0) is 34.1. The maximum absolute atomic E-state index is 11.5. The Bertz CT molecular complexity index is 600. The van der Waals surface area contributed by atoms with Crippen LogP contribution in [0.5, 0.6) is 0 Å². The molecule has 1 N–H and O–H groups in total. The molecule has 13 nitrogen and oxygen atoms in total. The SMILES string of the molecule is CCC(C)C(=O)OCCOCCOCCOCCOCCCOCCCOCCCOCCCOCCCOCCCOCCCO. The molecular formula is C34H68O13. The Morgan fingerprint density at radius 3 is 0.915 bits per heavy atom. The number of aliphatic hydroxyl groups excluding tert-OH is 1. The molecule has 0 amide bonds. The van der Waals surface area contributed by atoms with Gasteiger partial charge in [0, 0.05) is 92.5 Å². The van der Waals surface area contributed by atoms with Crippen LogP contribution in [-0.4, -0.2) is 156 Å². The van der Waals surface area contributed by atoms with Gasteiger partial charge in [-0.2, -0.15) is 0 Å². The van der Waals surface area contributed by atoms with Crippen molar-refractivity contribution in [2.45, 2.75) is 65.2 Å². The third-order valence-corrected chi connectivity index (χ3v) is 6.51. The molecule has 0 aliphatic rings. The molecule has 0 fully saturated rings. The fourth-order valence-corrected chi connectivity index (χ4v) is 3.63. The zero-order valence-corrected chi connectivity index (χ0v) is 29.6. The van der Waals surface area contributed by atoms with Gasteiger partial charge in [-0.1, -0.05) is 13.8 Å². The molecule has 0 saturated heterocycles. The summed E-state index contributed by atoms with van der Waals surface area (Å²) in [4.78, 5) is 11.5. The van der Waals surface area contributed by atoms with Crippen LogP contribution in [0.1, 0.15) is 65.2 Å². The summed E-state index contributed by atoms with van der Waals surface area (Å²) < 4.78 is 60.3. The van der Waals surface area contributed by atoms with Crippen molar-refractivity contribution in [3.8, 4) is 0 Å². The monoisotopic (exact) mass is 684 g/mol. The Balaban J connectivity index is 3.07. The number of carbonyl (C=O) groups excluding carboxylic acids is 1. The lowest BCUT2D eigenvalue weighted by molar-refractivity contribution is -0.149. The molecule has 47 heavy (non-hydrogen) atoms. The maximum Gasteiger partial charge on any atom is 0.308 e. The number of rotatable bonds is 41. The van der Waals surface area contributed by atoms with Crippen molar-refractivity contribution in [1.82, 2.24) is 0 Å². The minimum absolute atomic E-state index is 0.0688. The summed E-state index contributed by atoms with van der Waals surface area (Å²) in [5.74, 6) is -0.247. The Kier molecular flexibility index (Phi) is 40.4. The van der Waals surface area contributed by atoms with E-state index in [-0.39, 0.29) is 25.1 Å². The van der Waals surface area contributed by atoms with Crippen molar-refractivity contribution < 1.29 is 62.0 Å². The van der Waals surface area contributed by atoms with Crippen LogP contribution in [0.4, 0.5) is 0 Å². The molecular weight excluding hydrogens is 616 g/mol. The molecule has 0 spiro atoms. The first-order valence-corrected chi connectivity index (χ1v) is 17.8. The highest BCUT2D eigenvalue weighted by molar-refractivity contribution is 5.71. The first kappa shape index (κ1) is 46.0. The van der Waals surface area contributed by atoms with Gasteiger partial charge in [0.1, 0.15) is 6.61 Å². The highest BCUT2D eigenvalue weighted by Gasteiger charge is 2.11. The average molecular weight is 685 g/mol. The van der Waals surface area contributed by atoms with Gasteiger partial charge < -0.3 is 57.2 Å². The van der Waals surface area contributed by atoms with Gasteiger partial charge in [0.05, 0.1) is 52.2 Å². The van der Waals surface area contributed by atoms with Gasteiger partial charge in [0.15, 0.2) is 0 Å². The number of hydrogen-bond donors (Lipinski definition) is 1. The molecule has 0 radical (unpaired) electrons. The molecule has 1 atom stereocenters. The van der Waals surface area contributed by atoms with Crippen molar-refractivity contribution in [1.29, 1.82) is 0 Å². The van der Waals surface area contributed by atoms with E-state index in [1.807, 2.05) is 13.8 Å². The van der Waals surface area contributed by atoms with Gasteiger partial charge in [-0.15, -0.1) is 0 Å². The number of carbonyl (C=O) groups is 1. The smallest absolute Gasteiger partial charge is 0.308 e. The molecule has 0 heterocycles. The standard InChI is InChI=1S/C34H68O13/c1-3-33(2)34(36)47-32-31-46-30-29-45-28-27-44-26-25-43-24-10-23-42-22-9-21-41-20-8-19-40-18-7-17-39-16-6-15-38-14-5-13-37-12-4-11-35/h33,35H,3-32H2,1-2H3. The highest BCUT2D eigenvalue weighted by atomic mass is 16.6. The van der Waals surface area contributed by atoms with Crippen LogP contribution < -0.4 is 0 Å². The highest BCUT2D eigenvalue weighted by Crippen LogP contribution is 2.02. The van der Waals surface area contributed by atoms with Gasteiger partial charge in [-0.05, 0) is 51.4 Å². The Labute approximate surface area is 284 Å². The van der Waals surface area contributed by atoms with Crippen molar-refractivity contribution in [2.24, 2.45) is 5.92 Å². The van der Waals surface area contributed by atoms with Crippen LogP contribution in [0, 0.1) is 5.92 Å². The molecule has 0 rings (SSSR count). The van der Waals surface area contributed by atoms with E-state index in [1.165, 1.54) is 0 Å². The number of aliphatic hydroxyl groups is 1. The Morgan fingerprint density at radius 1 is 0.404 bits per heavy atom. The average Bonchev–Trinajstić information content (AvgIpc) is 3.08. The van der Waals surface area contributed by atoms with Crippen LogP contribution in [0.2, 0.25) is 0 Å². The van der Waals surface area contributed by atoms with E-state index >= 15 is 0 Å². The normalized spacial score (nSPS) is 12.1. The van der Waals surface area contributed by atoms with Crippen molar-refractivity contribution in [2.75, 3.05) is 145 Å². The van der Waals surface area contributed by atoms with E-state index in [4.69, 9.17) is 57.2 Å². The first-order valence-electron chi connectivity index (χ1n) is 17.8. The van der Waals surface area contributed by atoms with Crippen LogP contribution in [0.15, 0.2) is 0 Å². The lowest BCUT2D eigenvalue weighted by Gasteiger charge is -2.10. The summed E-state index contributed by atoms with van der Waals surface area (Å²) in [6.45, 7) is 16.5. The molecule has 0 aromatic heterocycles. The lowest BCUT2D eigenvalue weighted by Crippen LogP contribution is -2.18. The van der Waals surface area contributed by atoms with E-state index in [0.29, 0.717) is 139 Å². The van der Waals surface area contributed by atoms with Crippen LogP contribution in [0.25, 0.3) is 0 Å². The second-order valence-electron chi connectivity index (χ2n) is 10.8. The van der Waals surface area contributed by atoms with E-state index in [9.17, 15) is 4.79 Å². The van der Waals surface area contributed by atoms with E-state index < -0.39 is 0 Å². The summed E-state index contributed by atoms with van der Waals surface area (Å²) in [7, 11) is 0. The second-order valence-corrected chi connectivity index (χ2v) is 10.8. The maximum atomic E-state index is 11.5. The number of ether oxygens (including phenoxy) is 11. The fourth-order valence-electron chi connectivity index (χ4n) is 3.63. The van der Waals surface area contributed by atoms with Gasteiger partial charge in [-0.25, -0.2) is 0 Å². The second kappa shape index (κ2) is 41.2. The first-order chi connectivity index (χ1) is 23.2. The number of hydrogen-bond acceptors (Lipinski definition) is 13. The van der Waals surface area contributed by atoms with E-state index in [0.717, 1.165) is 44.9 Å². The van der Waals surface area contributed by atoms with Crippen molar-refractivity contribution in [3.05, 3.63) is 0 Å². The molecule has 0 saturated carbocycles. The van der Waals surface area contributed by atoms with Crippen LogP contribution in [-0.2, 0) is 56.9 Å². The summed E-state index contributed by atoms with van der Waals surface area (Å²) in [5.41, 5.74) is 0.